The molecule has 0 aromatic rings. The highest BCUT2D eigenvalue weighted by Gasteiger charge is 2.12. The van der Waals surface area contributed by atoms with Gasteiger partial charge in [0.15, 0.2) is 0 Å². The fourth-order valence-electron chi connectivity index (χ4n) is 5.98. The number of aliphatic hydroxyl groups is 2. The topological polar surface area (TPSA) is 93.1 Å². The third-order valence-corrected chi connectivity index (χ3v) is 9.23. The number of rotatable bonds is 38. The molecule has 0 aliphatic heterocycles. The van der Waals surface area contributed by atoms with E-state index in [0.29, 0.717) is 19.3 Å². The van der Waals surface area contributed by atoms with E-state index in [1.54, 1.807) is 6.08 Å². The quantitative estimate of drug-likeness (QED) is 0.0288. The zero-order chi connectivity index (χ0) is 36.6. The lowest BCUT2D eigenvalue weighted by molar-refractivity contribution is -0.152. The van der Waals surface area contributed by atoms with Crippen molar-refractivity contribution >= 4 is 11.9 Å². The molecule has 0 bridgehead atoms. The van der Waals surface area contributed by atoms with Crippen molar-refractivity contribution < 1.29 is 29.3 Å². The lowest BCUT2D eigenvalue weighted by Gasteiger charge is -2.12. The van der Waals surface area contributed by atoms with Crippen molar-refractivity contribution in [1.82, 2.24) is 0 Å². The first-order valence-corrected chi connectivity index (χ1v) is 21.1. The van der Waals surface area contributed by atoms with Crippen molar-refractivity contribution in [3.8, 4) is 0 Å². The van der Waals surface area contributed by atoms with Crippen LogP contribution in [0, 0.1) is 0 Å². The second-order valence-corrected chi connectivity index (χ2v) is 14.3. The molecule has 0 rings (SSSR count). The van der Waals surface area contributed by atoms with E-state index in [9.17, 15) is 19.8 Å². The molecule has 0 aromatic heterocycles. The number of carbonyl (C=O) groups is 2. The number of allylic oxidation sites excluding steroid dienone is 5. The van der Waals surface area contributed by atoms with E-state index in [0.717, 1.165) is 32.1 Å². The Morgan fingerprint density at radius 2 is 0.920 bits per heavy atom. The molecular weight excluding hydrogens is 624 g/mol. The van der Waals surface area contributed by atoms with Crippen molar-refractivity contribution in [3.63, 3.8) is 0 Å². The van der Waals surface area contributed by atoms with E-state index in [2.05, 4.69) is 32.1 Å². The van der Waals surface area contributed by atoms with Crippen LogP contribution in [-0.2, 0) is 19.1 Å². The minimum absolute atomic E-state index is 0.163. The largest absolute Gasteiger partial charge is 0.463 e. The molecule has 2 N–H and O–H groups in total. The Bertz CT molecular complexity index is 819. The van der Waals surface area contributed by atoms with Gasteiger partial charge in [0.1, 0.15) is 19.3 Å². The summed E-state index contributed by atoms with van der Waals surface area (Å²) in [5, 5.41) is 20.1. The van der Waals surface area contributed by atoms with Crippen LogP contribution >= 0.6 is 0 Å². The number of hydrogen-bond acceptors (Lipinski definition) is 6. The van der Waals surface area contributed by atoms with Gasteiger partial charge in [0.2, 0.25) is 0 Å². The zero-order valence-electron chi connectivity index (χ0n) is 32.8. The molecule has 0 aliphatic carbocycles. The summed E-state index contributed by atoms with van der Waals surface area (Å²) in [6.45, 7) is 4.15. The van der Waals surface area contributed by atoms with Crippen LogP contribution < -0.4 is 0 Å². The predicted octanol–water partition coefficient (Wildman–Crippen LogP) is 12.2. The van der Waals surface area contributed by atoms with E-state index in [4.69, 9.17) is 9.47 Å². The van der Waals surface area contributed by atoms with Crippen LogP contribution in [0.4, 0.5) is 0 Å². The van der Waals surface area contributed by atoms with Gasteiger partial charge in [-0.2, -0.15) is 0 Å². The Balaban J connectivity index is 3.56. The van der Waals surface area contributed by atoms with E-state index in [-0.39, 0.29) is 25.6 Å². The van der Waals surface area contributed by atoms with Crippen molar-refractivity contribution in [2.24, 2.45) is 0 Å². The van der Waals surface area contributed by atoms with Gasteiger partial charge in [-0.05, 0) is 38.5 Å². The fraction of sp³-hybridized carbons (Fsp3) is 0.818. The van der Waals surface area contributed by atoms with Crippen molar-refractivity contribution in [1.29, 1.82) is 0 Å². The number of hydrogen-bond donors (Lipinski definition) is 2. The summed E-state index contributed by atoms with van der Waals surface area (Å²) in [5.74, 6) is -0.748. The van der Waals surface area contributed by atoms with E-state index in [1.165, 1.54) is 135 Å². The van der Waals surface area contributed by atoms with Crippen LogP contribution in [-0.4, -0.2) is 47.6 Å². The van der Waals surface area contributed by atoms with E-state index in [1.807, 2.05) is 12.2 Å². The van der Waals surface area contributed by atoms with Gasteiger partial charge >= 0.3 is 11.9 Å². The molecule has 6 heteroatoms. The number of esters is 2. The van der Waals surface area contributed by atoms with Crippen LogP contribution in [0.1, 0.15) is 206 Å². The normalized spacial score (nSPS) is 13.1. The molecule has 0 aromatic carbocycles. The van der Waals surface area contributed by atoms with Crippen molar-refractivity contribution in [2.75, 3.05) is 13.2 Å². The molecule has 2 atom stereocenters. The second-order valence-electron chi connectivity index (χ2n) is 14.3. The maximum Gasteiger partial charge on any atom is 0.305 e. The zero-order valence-corrected chi connectivity index (χ0v) is 32.8. The van der Waals surface area contributed by atoms with Crippen LogP contribution in [0.5, 0.6) is 0 Å². The molecule has 0 aliphatic rings. The second kappa shape index (κ2) is 39.9. The first-order valence-electron chi connectivity index (χ1n) is 21.1. The van der Waals surface area contributed by atoms with Gasteiger partial charge in [0.25, 0.3) is 0 Å². The lowest BCUT2D eigenvalue weighted by Crippen LogP contribution is -2.25. The number of unbranched alkanes of at least 4 members (excludes halogenated alkanes) is 23. The average molecular weight is 705 g/mol. The van der Waals surface area contributed by atoms with Gasteiger partial charge < -0.3 is 19.7 Å². The number of aliphatic hydroxyl groups excluding tert-OH is 2. The summed E-state index contributed by atoms with van der Waals surface area (Å²) in [7, 11) is 0. The number of ether oxygens (including phenoxy) is 2. The molecule has 0 radical (unpaired) electrons. The molecule has 0 fully saturated rings. The van der Waals surface area contributed by atoms with E-state index >= 15 is 0 Å². The summed E-state index contributed by atoms with van der Waals surface area (Å²) in [4.78, 5) is 24.0. The summed E-state index contributed by atoms with van der Waals surface area (Å²) in [6.07, 6.45) is 45.2. The molecule has 0 heterocycles. The third kappa shape index (κ3) is 38.9. The summed E-state index contributed by atoms with van der Waals surface area (Å²) in [5.41, 5.74) is 0. The van der Waals surface area contributed by atoms with Crippen molar-refractivity contribution in [3.05, 3.63) is 36.5 Å². The Hall–Kier alpha value is -1.92. The molecule has 0 saturated heterocycles. The first-order chi connectivity index (χ1) is 24.5. The molecule has 0 amide bonds. The Kier molecular flexibility index (Phi) is 38.3. The fourth-order valence-corrected chi connectivity index (χ4v) is 5.98. The van der Waals surface area contributed by atoms with Gasteiger partial charge in [-0.25, -0.2) is 0 Å². The molecule has 1 unspecified atom stereocenters. The highest BCUT2D eigenvalue weighted by atomic mass is 16.6. The summed E-state index contributed by atoms with van der Waals surface area (Å²) in [6, 6.07) is 0. The van der Waals surface area contributed by atoms with Crippen molar-refractivity contribution in [2.45, 2.75) is 219 Å². The molecule has 292 valence electrons. The monoisotopic (exact) mass is 705 g/mol. The Labute approximate surface area is 309 Å². The lowest BCUT2D eigenvalue weighted by atomic mass is 10.0. The van der Waals surface area contributed by atoms with Gasteiger partial charge in [-0.1, -0.05) is 192 Å². The molecular formula is C44H80O6. The smallest absolute Gasteiger partial charge is 0.305 e. The number of carbonyl (C=O) groups excluding carboxylic acids is 2. The van der Waals surface area contributed by atoms with Gasteiger partial charge in [-0.3, -0.25) is 9.59 Å². The highest BCUT2D eigenvalue weighted by Crippen LogP contribution is 2.15. The standard InChI is InChI=1S/C44H80O6/c1-3-5-7-9-11-13-15-17-18-19-20-21-23-25-27-29-31-33-37-43(47)49-39-42(46)40-50-44(48)38-34-36-41(45)35-32-30-28-26-24-22-16-14-12-10-8-6-4-2/h22,24,28,30,32,35,41-42,45-46H,3-21,23,25-27,29,31,33-34,36-40H2,1-2H3/b24-22+,30-28+,35-32+/t41?,42-/m1/s1. The summed E-state index contributed by atoms with van der Waals surface area (Å²) < 4.78 is 10.3. The predicted molar refractivity (Wildman–Crippen MR) is 211 cm³/mol. The van der Waals surface area contributed by atoms with Gasteiger partial charge in [0.05, 0.1) is 6.10 Å². The average Bonchev–Trinajstić information content (AvgIpc) is 3.11. The van der Waals surface area contributed by atoms with Gasteiger partial charge in [0, 0.05) is 12.8 Å². The SMILES string of the molecule is CCCCCCCC/C=C/C/C=C/C=C/C(O)CCCC(=O)OC[C@H](O)COC(=O)CCCCCCCCCCCCCCCCCCCC. The Morgan fingerprint density at radius 1 is 0.500 bits per heavy atom. The minimum atomic E-state index is -1.03. The van der Waals surface area contributed by atoms with Crippen LogP contribution in [0.15, 0.2) is 36.5 Å². The van der Waals surface area contributed by atoms with Gasteiger partial charge in [-0.15, -0.1) is 0 Å². The molecule has 50 heavy (non-hydrogen) atoms. The minimum Gasteiger partial charge on any atom is -0.463 e. The van der Waals surface area contributed by atoms with E-state index < -0.39 is 18.2 Å². The maximum atomic E-state index is 12.0. The van der Waals surface area contributed by atoms with Crippen LogP contribution in [0.25, 0.3) is 0 Å². The first kappa shape index (κ1) is 48.1. The summed E-state index contributed by atoms with van der Waals surface area (Å²) >= 11 is 0. The molecule has 0 spiro atoms. The third-order valence-electron chi connectivity index (χ3n) is 9.23. The molecule has 6 nitrogen and oxygen atoms in total. The molecule has 0 saturated carbocycles. The Morgan fingerprint density at radius 3 is 1.40 bits per heavy atom. The van der Waals surface area contributed by atoms with Crippen LogP contribution in [0.3, 0.4) is 0 Å². The maximum absolute atomic E-state index is 12.0. The highest BCUT2D eigenvalue weighted by molar-refractivity contribution is 5.69. The van der Waals surface area contributed by atoms with Crippen LogP contribution in [0.2, 0.25) is 0 Å².